The van der Waals surface area contributed by atoms with Crippen molar-refractivity contribution in [3.63, 3.8) is 0 Å². The number of hydrogen-bond donors (Lipinski definition) is 3. The number of phenols is 1. The molecule has 0 aliphatic carbocycles. The van der Waals surface area contributed by atoms with Gasteiger partial charge in [-0.15, -0.1) is 0 Å². The van der Waals surface area contributed by atoms with E-state index in [0.717, 1.165) is 24.3 Å². The van der Waals surface area contributed by atoms with Crippen molar-refractivity contribution < 1.29 is 19.4 Å². The number of amides is 2. The van der Waals surface area contributed by atoms with Gasteiger partial charge in [-0.1, -0.05) is 18.2 Å². The third-order valence-corrected chi connectivity index (χ3v) is 5.34. The minimum Gasteiger partial charge on any atom is -0.508 e. The van der Waals surface area contributed by atoms with E-state index in [2.05, 4.69) is 15.5 Å². The number of aryl methyl sites for hydroxylation is 1. The van der Waals surface area contributed by atoms with Crippen LogP contribution in [0.4, 0.5) is 17.1 Å². The van der Waals surface area contributed by atoms with E-state index in [4.69, 9.17) is 4.74 Å². The summed E-state index contributed by atoms with van der Waals surface area (Å²) in [7, 11) is 0. The smallest absolute Gasteiger partial charge is 0.255 e. The normalized spacial score (nSPS) is 13.5. The van der Waals surface area contributed by atoms with Crippen LogP contribution in [0.1, 0.15) is 26.3 Å². The van der Waals surface area contributed by atoms with Gasteiger partial charge in [0.1, 0.15) is 5.75 Å². The average Bonchev–Trinajstić information content (AvgIpc) is 2.82. The van der Waals surface area contributed by atoms with Gasteiger partial charge in [-0.25, -0.2) is 0 Å². The molecular formula is C25H25N3O4. The van der Waals surface area contributed by atoms with Crippen LogP contribution in [0, 0.1) is 6.92 Å². The molecule has 2 amide bonds. The number of nitrogens with one attached hydrogen (secondary N) is 2. The lowest BCUT2D eigenvalue weighted by atomic mass is 10.1. The quantitative estimate of drug-likeness (QED) is 0.567. The minimum absolute atomic E-state index is 0.0229. The summed E-state index contributed by atoms with van der Waals surface area (Å²) in [5.41, 5.74) is 3.90. The SMILES string of the molecule is Cc1ccc(NC(=O)c2cccc(N3CCOCC3)c2)cc1NC(=O)c1cccc(O)c1. The number of phenolic OH excluding ortho intramolecular Hbond substituents is 1. The molecule has 1 aliphatic heterocycles. The van der Waals surface area contributed by atoms with E-state index in [1.54, 1.807) is 30.3 Å². The molecule has 0 atom stereocenters. The predicted octanol–water partition coefficient (Wildman–Crippen LogP) is 4.04. The lowest BCUT2D eigenvalue weighted by Crippen LogP contribution is -2.36. The third-order valence-electron chi connectivity index (χ3n) is 5.34. The van der Waals surface area contributed by atoms with Crippen LogP contribution in [0.3, 0.4) is 0 Å². The highest BCUT2D eigenvalue weighted by Gasteiger charge is 2.14. The highest BCUT2D eigenvalue weighted by Crippen LogP contribution is 2.23. The number of ether oxygens (including phenoxy) is 1. The average molecular weight is 431 g/mol. The summed E-state index contributed by atoms with van der Waals surface area (Å²) >= 11 is 0. The van der Waals surface area contributed by atoms with Gasteiger partial charge in [-0.3, -0.25) is 9.59 Å². The van der Waals surface area contributed by atoms with Crippen LogP contribution in [-0.2, 0) is 4.74 Å². The molecule has 7 nitrogen and oxygen atoms in total. The predicted molar refractivity (Wildman–Crippen MR) is 125 cm³/mol. The molecule has 0 saturated carbocycles. The summed E-state index contributed by atoms with van der Waals surface area (Å²) in [4.78, 5) is 27.6. The number of rotatable bonds is 5. The van der Waals surface area contributed by atoms with Crippen molar-refractivity contribution in [2.45, 2.75) is 6.92 Å². The van der Waals surface area contributed by atoms with Crippen molar-refractivity contribution in [3.05, 3.63) is 83.4 Å². The molecule has 4 rings (SSSR count). The Morgan fingerprint density at radius 1 is 0.875 bits per heavy atom. The first kappa shape index (κ1) is 21.4. The second-order valence-electron chi connectivity index (χ2n) is 7.64. The van der Waals surface area contributed by atoms with Crippen LogP contribution >= 0.6 is 0 Å². The van der Waals surface area contributed by atoms with Crippen molar-refractivity contribution in [2.75, 3.05) is 41.8 Å². The summed E-state index contributed by atoms with van der Waals surface area (Å²) in [6.07, 6.45) is 0. The van der Waals surface area contributed by atoms with Crippen LogP contribution in [0.25, 0.3) is 0 Å². The Morgan fingerprint density at radius 2 is 1.56 bits per heavy atom. The van der Waals surface area contributed by atoms with E-state index >= 15 is 0 Å². The molecule has 7 heteroatoms. The molecular weight excluding hydrogens is 406 g/mol. The summed E-state index contributed by atoms with van der Waals surface area (Å²) in [6.45, 7) is 4.82. The van der Waals surface area contributed by atoms with E-state index in [9.17, 15) is 14.7 Å². The fraction of sp³-hybridized carbons (Fsp3) is 0.200. The Morgan fingerprint density at radius 3 is 2.31 bits per heavy atom. The fourth-order valence-electron chi connectivity index (χ4n) is 3.54. The van der Waals surface area contributed by atoms with Crippen LogP contribution in [0.2, 0.25) is 0 Å². The van der Waals surface area contributed by atoms with Crippen molar-refractivity contribution in [2.24, 2.45) is 0 Å². The van der Waals surface area contributed by atoms with Gasteiger partial charge < -0.3 is 25.4 Å². The molecule has 0 unspecified atom stereocenters. The maximum Gasteiger partial charge on any atom is 0.255 e. The van der Waals surface area contributed by atoms with Crippen LogP contribution in [0.15, 0.2) is 66.7 Å². The van der Waals surface area contributed by atoms with Gasteiger partial charge in [0, 0.05) is 41.3 Å². The zero-order valence-corrected chi connectivity index (χ0v) is 17.8. The monoisotopic (exact) mass is 431 g/mol. The van der Waals surface area contributed by atoms with Crippen molar-refractivity contribution in [1.29, 1.82) is 0 Å². The number of nitrogens with zero attached hydrogens (tertiary/aromatic N) is 1. The molecule has 1 fully saturated rings. The molecule has 0 spiro atoms. The van der Waals surface area contributed by atoms with Gasteiger partial charge in [-0.2, -0.15) is 0 Å². The van der Waals surface area contributed by atoms with Gasteiger partial charge in [0.2, 0.25) is 0 Å². The highest BCUT2D eigenvalue weighted by molar-refractivity contribution is 6.07. The molecule has 3 aromatic carbocycles. The zero-order valence-electron chi connectivity index (χ0n) is 17.8. The first-order valence-corrected chi connectivity index (χ1v) is 10.4. The number of aromatic hydroxyl groups is 1. The largest absolute Gasteiger partial charge is 0.508 e. The molecule has 3 aromatic rings. The van der Waals surface area contributed by atoms with Gasteiger partial charge in [0.05, 0.1) is 13.2 Å². The van der Waals surface area contributed by atoms with Gasteiger partial charge >= 0.3 is 0 Å². The number of benzene rings is 3. The van der Waals surface area contributed by atoms with Crippen molar-refractivity contribution in [1.82, 2.24) is 0 Å². The van der Waals surface area contributed by atoms with Gasteiger partial charge in [-0.05, 0) is 61.0 Å². The molecule has 1 saturated heterocycles. The minimum atomic E-state index is -0.342. The number of hydrogen-bond acceptors (Lipinski definition) is 5. The van der Waals surface area contributed by atoms with E-state index in [0.29, 0.717) is 35.7 Å². The van der Waals surface area contributed by atoms with Crippen LogP contribution in [-0.4, -0.2) is 43.2 Å². The van der Waals surface area contributed by atoms with E-state index in [1.807, 2.05) is 31.2 Å². The van der Waals surface area contributed by atoms with Crippen molar-refractivity contribution in [3.8, 4) is 5.75 Å². The number of morpholine rings is 1. The lowest BCUT2D eigenvalue weighted by molar-refractivity contribution is 0.101. The van der Waals surface area contributed by atoms with Crippen molar-refractivity contribution >= 4 is 28.9 Å². The summed E-state index contributed by atoms with van der Waals surface area (Å²) in [5.74, 6) is -0.547. The molecule has 32 heavy (non-hydrogen) atoms. The number of carbonyl (C=O) groups is 2. The summed E-state index contributed by atoms with van der Waals surface area (Å²) in [6, 6.07) is 19.0. The molecule has 164 valence electrons. The Hall–Kier alpha value is -3.84. The van der Waals surface area contributed by atoms with E-state index < -0.39 is 0 Å². The number of anilines is 3. The second kappa shape index (κ2) is 9.53. The molecule has 0 aromatic heterocycles. The first-order chi connectivity index (χ1) is 15.5. The lowest BCUT2D eigenvalue weighted by Gasteiger charge is -2.29. The topological polar surface area (TPSA) is 90.9 Å². The third kappa shape index (κ3) is 5.07. The Balaban J connectivity index is 1.48. The second-order valence-corrected chi connectivity index (χ2v) is 7.64. The molecule has 1 aliphatic rings. The van der Waals surface area contributed by atoms with Crippen LogP contribution < -0.4 is 15.5 Å². The van der Waals surface area contributed by atoms with Gasteiger partial charge in [0.25, 0.3) is 11.8 Å². The summed E-state index contributed by atoms with van der Waals surface area (Å²) < 4.78 is 5.40. The van der Waals surface area contributed by atoms with E-state index in [1.165, 1.54) is 12.1 Å². The zero-order chi connectivity index (χ0) is 22.5. The molecule has 3 N–H and O–H groups in total. The number of carbonyl (C=O) groups excluding carboxylic acids is 2. The maximum atomic E-state index is 12.9. The standard InChI is InChI=1S/C25H25N3O4/c1-17-8-9-20(16-23(17)27-25(31)19-5-3-7-22(29)15-19)26-24(30)18-4-2-6-21(14-18)28-10-12-32-13-11-28/h2-9,14-16,29H,10-13H2,1H3,(H,26,30)(H,27,31). The maximum absolute atomic E-state index is 12.9. The molecule has 0 bridgehead atoms. The van der Waals surface area contributed by atoms with Crippen LogP contribution in [0.5, 0.6) is 5.75 Å². The highest BCUT2D eigenvalue weighted by atomic mass is 16.5. The molecule has 0 radical (unpaired) electrons. The fourth-order valence-corrected chi connectivity index (χ4v) is 3.54. The van der Waals surface area contributed by atoms with E-state index in [-0.39, 0.29) is 17.6 Å². The Bertz CT molecular complexity index is 1140. The Labute approximate surface area is 186 Å². The van der Waals surface area contributed by atoms with Gasteiger partial charge in [0.15, 0.2) is 0 Å². The summed E-state index contributed by atoms with van der Waals surface area (Å²) in [5, 5.41) is 15.3. The molecule has 1 heterocycles. The first-order valence-electron chi connectivity index (χ1n) is 10.4. The Kier molecular flexibility index (Phi) is 6.37.